The number of aliphatic imine (C=N–C) groups is 1. The molecular formula is C25H29N3O4S. The summed E-state index contributed by atoms with van der Waals surface area (Å²) in [5.74, 6) is 0.655. The number of morpholine rings is 1. The fraction of sp³-hybridized carbons (Fsp3) is 0.360. The minimum absolute atomic E-state index is 0.0753. The van der Waals surface area contributed by atoms with Crippen LogP contribution in [0.25, 0.3) is 6.08 Å². The van der Waals surface area contributed by atoms with Crippen molar-refractivity contribution < 1.29 is 19.0 Å². The predicted molar refractivity (Wildman–Crippen MR) is 133 cm³/mol. The molecule has 0 N–H and O–H groups in total. The van der Waals surface area contributed by atoms with Crippen LogP contribution in [0.5, 0.6) is 5.75 Å². The lowest BCUT2D eigenvalue weighted by Gasteiger charge is -2.29. The number of benzene rings is 2. The second-order valence-corrected chi connectivity index (χ2v) is 8.53. The Labute approximate surface area is 199 Å². The summed E-state index contributed by atoms with van der Waals surface area (Å²) in [7, 11) is 1.65. The molecule has 1 amide bonds. The highest BCUT2D eigenvalue weighted by Gasteiger charge is 2.33. The van der Waals surface area contributed by atoms with Gasteiger partial charge in [-0.3, -0.25) is 9.69 Å². The van der Waals surface area contributed by atoms with Crippen LogP contribution < -0.4 is 9.64 Å². The monoisotopic (exact) mass is 467 g/mol. The van der Waals surface area contributed by atoms with Crippen molar-refractivity contribution >= 4 is 40.3 Å². The normalized spacial score (nSPS) is 19.0. The molecule has 0 aliphatic carbocycles. The van der Waals surface area contributed by atoms with Crippen LogP contribution in [-0.2, 0) is 14.3 Å². The lowest BCUT2D eigenvalue weighted by Crippen LogP contribution is -2.36. The van der Waals surface area contributed by atoms with Crippen molar-refractivity contribution in [2.45, 2.75) is 6.92 Å². The minimum atomic E-state index is -0.0753. The number of hydrogen-bond donors (Lipinski definition) is 0. The number of carbonyl (C=O) groups excluding carboxylic acids is 1. The molecule has 33 heavy (non-hydrogen) atoms. The summed E-state index contributed by atoms with van der Waals surface area (Å²) >= 11 is 1.38. The second kappa shape index (κ2) is 11.4. The van der Waals surface area contributed by atoms with Crippen molar-refractivity contribution in [3.63, 3.8) is 0 Å². The summed E-state index contributed by atoms with van der Waals surface area (Å²) in [6.07, 6.45) is 1.89. The number of para-hydroxylation sites is 1. The summed E-state index contributed by atoms with van der Waals surface area (Å²) in [5, 5.41) is 0.654. The van der Waals surface area contributed by atoms with Gasteiger partial charge in [-0.2, -0.15) is 0 Å². The van der Waals surface area contributed by atoms with Crippen LogP contribution in [0, 0.1) is 0 Å². The summed E-state index contributed by atoms with van der Waals surface area (Å²) in [6.45, 7) is 6.61. The van der Waals surface area contributed by atoms with E-state index < -0.39 is 0 Å². The maximum atomic E-state index is 13.3. The number of rotatable bonds is 8. The summed E-state index contributed by atoms with van der Waals surface area (Å²) in [5.41, 5.74) is 2.76. The first-order valence-corrected chi connectivity index (χ1v) is 11.9. The number of amides is 1. The zero-order chi connectivity index (χ0) is 23.0. The molecule has 2 fully saturated rings. The van der Waals surface area contributed by atoms with E-state index in [0.717, 1.165) is 49.0 Å². The number of ether oxygens (including phenoxy) is 3. The van der Waals surface area contributed by atoms with Crippen molar-refractivity contribution in [1.29, 1.82) is 0 Å². The van der Waals surface area contributed by atoms with Crippen LogP contribution in [0.4, 0.5) is 11.4 Å². The Morgan fingerprint density at radius 1 is 1.15 bits per heavy atom. The number of methoxy groups -OCH3 is 1. The first-order chi connectivity index (χ1) is 16.2. The summed E-state index contributed by atoms with van der Waals surface area (Å²) in [4.78, 5) is 22.5. The van der Waals surface area contributed by atoms with Crippen LogP contribution in [-0.4, -0.2) is 69.1 Å². The molecular weight excluding hydrogens is 438 g/mol. The third-order valence-corrected chi connectivity index (χ3v) is 6.42. The van der Waals surface area contributed by atoms with Gasteiger partial charge in [-0.25, -0.2) is 4.99 Å². The Morgan fingerprint density at radius 2 is 1.94 bits per heavy atom. The van der Waals surface area contributed by atoms with Crippen LogP contribution in [0.1, 0.15) is 12.5 Å². The van der Waals surface area contributed by atoms with E-state index in [-0.39, 0.29) is 5.91 Å². The molecule has 2 heterocycles. The van der Waals surface area contributed by atoms with E-state index in [4.69, 9.17) is 19.2 Å². The van der Waals surface area contributed by atoms with Gasteiger partial charge in [0.1, 0.15) is 5.75 Å². The maximum Gasteiger partial charge on any atom is 0.266 e. The predicted octanol–water partition coefficient (Wildman–Crippen LogP) is 4.17. The second-order valence-electron chi connectivity index (χ2n) is 7.52. The minimum Gasteiger partial charge on any atom is -0.496 e. The molecule has 2 aliphatic rings. The Morgan fingerprint density at radius 3 is 2.67 bits per heavy atom. The standard InChI is InChI=1S/C25H29N3O4S/c1-3-31-16-13-28-24(29)23(33-25(28)26-20-7-5-4-6-8-20)17-19-9-10-21(18-22(19)30-2)27-11-14-32-15-12-27/h4-10,17-18H,3,11-16H2,1-2H3/b23-17-,26-25?. The first-order valence-electron chi connectivity index (χ1n) is 11.1. The SMILES string of the molecule is CCOCCN1C(=O)/C(=C/c2ccc(N3CCOCC3)cc2OC)SC1=Nc1ccccc1. The zero-order valence-corrected chi connectivity index (χ0v) is 19.8. The molecule has 2 saturated heterocycles. The number of nitrogens with zero attached hydrogens (tertiary/aromatic N) is 3. The molecule has 0 saturated carbocycles. The first kappa shape index (κ1) is 23.4. The molecule has 7 nitrogen and oxygen atoms in total. The number of thioether (sulfide) groups is 1. The fourth-order valence-corrected chi connectivity index (χ4v) is 4.70. The quantitative estimate of drug-likeness (QED) is 0.429. The highest BCUT2D eigenvalue weighted by Crippen LogP contribution is 2.36. The lowest BCUT2D eigenvalue weighted by molar-refractivity contribution is -0.122. The topological polar surface area (TPSA) is 63.6 Å². The molecule has 0 spiro atoms. The van der Waals surface area contributed by atoms with Crippen molar-refractivity contribution in [2.75, 3.05) is 58.1 Å². The number of hydrogen-bond acceptors (Lipinski definition) is 7. The highest BCUT2D eigenvalue weighted by molar-refractivity contribution is 8.18. The van der Waals surface area contributed by atoms with Gasteiger partial charge in [-0.15, -0.1) is 0 Å². The van der Waals surface area contributed by atoms with Gasteiger partial charge in [0.2, 0.25) is 0 Å². The number of carbonyl (C=O) groups is 1. The summed E-state index contributed by atoms with van der Waals surface area (Å²) < 4.78 is 16.6. The van der Waals surface area contributed by atoms with Crippen LogP contribution >= 0.6 is 11.8 Å². The lowest BCUT2D eigenvalue weighted by atomic mass is 10.1. The van der Waals surface area contributed by atoms with Crippen LogP contribution in [0.2, 0.25) is 0 Å². The van der Waals surface area contributed by atoms with Gasteiger partial charge >= 0.3 is 0 Å². The van der Waals surface area contributed by atoms with Gasteiger partial charge < -0.3 is 19.1 Å². The summed E-state index contributed by atoms with van der Waals surface area (Å²) in [6, 6.07) is 15.8. The highest BCUT2D eigenvalue weighted by atomic mass is 32.2. The van der Waals surface area contributed by atoms with E-state index in [1.165, 1.54) is 11.8 Å². The molecule has 4 rings (SSSR count). The van der Waals surface area contributed by atoms with E-state index in [0.29, 0.717) is 29.8 Å². The molecule has 0 bridgehead atoms. The van der Waals surface area contributed by atoms with Gasteiger partial charge in [0, 0.05) is 37.0 Å². The van der Waals surface area contributed by atoms with E-state index in [1.54, 1.807) is 12.0 Å². The molecule has 0 radical (unpaired) electrons. The molecule has 0 unspecified atom stereocenters. The fourth-order valence-electron chi connectivity index (χ4n) is 3.68. The van der Waals surface area contributed by atoms with Crippen molar-refractivity contribution in [3.05, 3.63) is 59.0 Å². The van der Waals surface area contributed by atoms with Gasteiger partial charge in [0.25, 0.3) is 5.91 Å². The molecule has 0 atom stereocenters. The Balaban J connectivity index is 1.61. The average Bonchev–Trinajstić information content (AvgIpc) is 3.14. The van der Waals surface area contributed by atoms with Crippen molar-refractivity contribution in [2.24, 2.45) is 4.99 Å². The van der Waals surface area contributed by atoms with Gasteiger partial charge in [-0.1, -0.05) is 18.2 Å². The molecule has 0 aromatic heterocycles. The molecule has 2 aliphatic heterocycles. The molecule has 8 heteroatoms. The zero-order valence-electron chi connectivity index (χ0n) is 19.0. The van der Waals surface area contributed by atoms with E-state index in [2.05, 4.69) is 11.0 Å². The Bertz CT molecular complexity index is 1020. The Hall–Kier alpha value is -2.81. The van der Waals surface area contributed by atoms with Gasteiger partial charge in [-0.05, 0) is 49.0 Å². The van der Waals surface area contributed by atoms with Gasteiger partial charge in [0.15, 0.2) is 5.17 Å². The maximum absolute atomic E-state index is 13.3. The van der Waals surface area contributed by atoms with E-state index in [9.17, 15) is 4.79 Å². The van der Waals surface area contributed by atoms with Crippen molar-refractivity contribution in [3.8, 4) is 5.75 Å². The molecule has 2 aromatic carbocycles. The number of amidine groups is 1. The van der Waals surface area contributed by atoms with E-state index in [1.807, 2.05) is 55.5 Å². The van der Waals surface area contributed by atoms with Crippen molar-refractivity contribution in [1.82, 2.24) is 4.90 Å². The average molecular weight is 468 g/mol. The molecule has 174 valence electrons. The van der Waals surface area contributed by atoms with E-state index >= 15 is 0 Å². The molecule has 2 aromatic rings. The smallest absolute Gasteiger partial charge is 0.266 e. The third kappa shape index (κ3) is 5.76. The van der Waals surface area contributed by atoms with Crippen LogP contribution in [0.3, 0.4) is 0 Å². The third-order valence-electron chi connectivity index (χ3n) is 5.41. The Kier molecular flexibility index (Phi) is 8.04. The van der Waals surface area contributed by atoms with Gasteiger partial charge in [0.05, 0.1) is 44.1 Å². The van der Waals surface area contributed by atoms with Crippen LogP contribution in [0.15, 0.2) is 58.4 Å². The largest absolute Gasteiger partial charge is 0.496 e. The number of anilines is 1.